The Morgan fingerprint density at radius 1 is 1.32 bits per heavy atom. The van der Waals surface area contributed by atoms with Gasteiger partial charge in [0, 0.05) is 12.1 Å². The van der Waals surface area contributed by atoms with Crippen LogP contribution in [-0.2, 0) is 9.53 Å². The van der Waals surface area contributed by atoms with Crippen LogP contribution >= 0.6 is 0 Å². The van der Waals surface area contributed by atoms with E-state index in [1.165, 1.54) is 0 Å². The summed E-state index contributed by atoms with van der Waals surface area (Å²) in [5, 5.41) is 18.8. The van der Waals surface area contributed by atoms with E-state index in [9.17, 15) is 15.0 Å². The molecule has 1 aromatic rings. The number of carboxylic acid groups (broad SMARTS) is 1. The van der Waals surface area contributed by atoms with Gasteiger partial charge < -0.3 is 14.9 Å². The van der Waals surface area contributed by atoms with Crippen LogP contribution in [0.25, 0.3) is 0 Å². The third kappa shape index (κ3) is 2.00. The average molecular weight is 303 g/mol. The van der Waals surface area contributed by atoms with Crippen molar-refractivity contribution in [3.8, 4) is 0 Å². The van der Waals surface area contributed by atoms with Crippen molar-refractivity contribution in [3.05, 3.63) is 35.4 Å². The van der Waals surface area contributed by atoms with Crippen LogP contribution in [0, 0.1) is 0 Å². The summed E-state index contributed by atoms with van der Waals surface area (Å²) >= 11 is 0. The molecule has 2 bridgehead atoms. The Morgan fingerprint density at radius 2 is 1.95 bits per heavy atom. The monoisotopic (exact) mass is 303 g/mol. The van der Waals surface area contributed by atoms with E-state index in [2.05, 4.69) is 11.9 Å². The van der Waals surface area contributed by atoms with Crippen molar-refractivity contribution in [3.63, 3.8) is 0 Å². The minimum Gasteiger partial charge on any atom is -0.481 e. The molecule has 5 nitrogen and oxygen atoms in total. The zero-order chi connectivity index (χ0) is 15.4. The fraction of sp³-hybridized carbons (Fsp3) is 0.588. The fourth-order valence-electron chi connectivity index (χ4n) is 4.51. The third-order valence-electron chi connectivity index (χ3n) is 5.71. The number of nitrogens with zero attached hydrogens (tertiary/aromatic N) is 1. The summed E-state index contributed by atoms with van der Waals surface area (Å²) in [6.07, 6.45) is 2.76. The highest BCUT2D eigenvalue weighted by Crippen LogP contribution is 2.52. The van der Waals surface area contributed by atoms with Gasteiger partial charge in [-0.25, -0.2) is 0 Å². The number of morpholine rings is 1. The Kier molecular flexibility index (Phi) is 3.25. The number of aliphatic hydroxyl groups excluding tert-OH is 1. The highest BCUT2D eigenvalue weighted by molar-refractivity contribution is 5.77. The lowest BCUT2D eigenvalue weighted by Crippen LogP contribution is -2.44. The van der Waals surface area contributed by atoms with Crippen LogP contribution in [0.15, 0.2) is 24.3 Å². The Balaban J connectivity index is 1.65. The summed E-state index contributed by atoms with van der Waals surface area (Å²) in [6.45, 7) is -0.361. The molecule has 5 heteroatoms. The molecular formula is C17H21NO4. The summed E-state index contributed by atoms with van der Waals surface area (Å²) in [7, 11) is 2.17. The lowest BCUT2D eigenvalue weighted by atomic mass is 9.80. The van der Waals surface area contributed by atoms with E-state index in [0.29, 0.717) is 30.2 Å². The van der Waals surface area contributed by atoms with Gasteiger partial charge in [-0.2, -0.15) is 0 Å². The first-order valence-electron chi connectivity index (χ1n) is 7.91. The SMILES string of the molecule is CN1[C@@H]2CC(c3ccccc3C(CO)C(=O)O)C[C@H]1[C@H]1O[C@@H]12. The predicted octanol–water partition coefficient (Wildman–Crippen LogP) is 1.17. The minimum absolute atomic E-state index is 0.354. The van der Waals surface area contributed by atoms with Gasteiger partial charge in [0.15, 0.2) is 0 Å². The van der Waals surface area contributed by atoms with E-state index in [1.54, 1.807) is 0 Å². The molecule has 118 valence electrons. The smallest absolute Gasteiger partial charge is 0.313 e. The standard InChI is InChI=1S/C17H21NO4/c1-18-13-6-9(7-14(18)16-15(13)22-16)10-4-2-3-5-11(10)12(8-19)17(20)21/h2-5,9,12-16,19H,6-8H2,1H3,(H,20,21)/t9?,12?,13-,14+,15-,16-/m1/s1. The van der Waals surface area contributed by atoms with Gasteiger partial charge in [0.1, 0.15) is 18.1 Å². The van der Waals surface area contributed by atoms with Crippen LogP contribution in [0.5, 0.6) is 0 Å². The maximum atomic E-state index is 11.4. The molecule has 22 heavy (non-hydrogen) atoms. The maximum Gasteiger partial charge on any atom is 0.313 e. The summed E-state index contributed by atoms with van der Waals surface area (Å²) in [5.41, 5.74) is 1.86. The first-order chi connectivity index (χ1) is 10.6. The number of benzene rings is 1. The molecule has 2 unspecified atom stereocenters. The normalized spacial score (nSPS) is 37.6. The van der Waals surface area contributed by atoms with Gasteiger partial charge in [0.2, 0.25) is 0 Å². The predicted molar refractivity (Wildman–Crippen MR) is 79.9 cm³/mol. The number of ether oxygens (including phenoxy) is 1. The van der Waals surface area contributed by atoms with Gasteiger partial charge >= 0.3 is 5.97 Å². The van der Waals surface area contributed by atoms with E-state index in [-0.39, 0.29) is 6.61 Å². The summed E-state index contributed by atoms with van der Waals surface area (Å²) < 4.78 is 5.74. The zero-order valence-corrected chi connectivity index (χ0v) is 12.6. The molecule has 3 saturated heterocycles. The molecule has 4 rings (SSSR count). The number of rotatable bonds is 4. The van der Waals surface area contributed by atoms with E-state index >= 15 is 0 Å². The molecule has 0 saturated carbocycles. The summed E-state index contributed by atoms with van der Waals surface area (Å²) in [4.78, 5) is 13.9. The largest absolute Gasteiger partial charge is 0.481 e. The Hall–Kier alpha value is -1.43. The molecule has 6 atom stereocenters. The molecule has 0 radical (unpaired) electrons. The van der Waals surface area contributed by atoms with Gasteiger partial charge in [-0.05, 0) is 36.9 Å². The van der Waals surface area contributed by atoms with Gasteiger partial charge in [0.25, 0.3) is 0 Å². The second-order valence-electron chi connectivity index (χ2n) is 6.74. The van der Waals surface area contributed by atoms with Crippen LogP contribution in [0.1, 0.15) is 35.8 Å². The number of piperidine rings is 1. The van der Waals surface area contributed by atoms with Gasteiger partial charge in [0.05, 0.1) is 6.61 Å². The molecule has 3 heterocycles. The van der Waals surface area contributed by atoms with Crippen LogP contribution in [0.4, 0.5) is 0 Å². The van der Waals surface area contributed by atoms with Crippen molar-refractivity contribution in [1.29, 1.82) is 0 Å². The number of hydrogen-bond donors (Lipinski definition) is 2. The summed E-state index contributed by atoms with van der Waals surface area (Å²) in [5.74, 6) is -1.44. The third-order valence-corrected chi connectivity index (χ3v) is 5.71. The molecular weight excluding hydrogens is 282 g/mol. The Labute approximate surface area is 129 Å². The van der Waals surface area contributed by atoms with Gasteiger partial charge in [-0.3, -0.25) is 9.69 Å². The fourth-order valence-corrected chi connectivity index (χ4v) is 4.51. The number of fused-ring (bicyclic) bond motifs is 5. The van der Waals surface area contributed by atoms with Crippen molar-refractivity contribution in [2.45, 2.75) is 49.0 Å². The van der Waals surface area contributed by atoms with Crippen LogP contribution in [-0.4, -0.2) is 59.0 Å². The molecule has 3 aliphatic rings. The average Bonchev–Trinajstić information content (AvgIpc) is 3.25. The van der Waals surface area contributed by atoms with Crippen molar-refractivity contribution < 1.29 is 19.7 Å². The van der Waals surface area contributed by atoms with E-state index < -0.39 is 11.9 Å². The Morgan fingerprint density at radius 3 is 2.55 bits per heavy atom. The number of carboxylic acids is 1. The number of epoxide rings is 1. The van der Waals surface area contributed by atoms with Crippen molar-refractivity contribution in [2.75, 3.05) is 13.7 Å². The number of carbonyl (C=O) groups is 1. The van der Waals surface area contributed by atoms with Crippen LogP contribution in [0.2, 0.25) is 0 Å². The highest BCUT2D eigenvalue weighted by Gasteiger charge is 2.62. The quantitative estimate of drug-likeness (QED) is 0.817. The number of likely N-dealkylation sites (N-methyl/N-ethyl adjacent to an activating group) is 1. The first-order valence-corrected chi connectivity index (χ1v) is 7.91. The van der Waals surface area contributed by atoms with Crippen molar-refractivity contribution >= 4 is 5.97 Å². The van der Waals surface area contributed by atoms with Gasteiger partial charge in [-0.1, -0.05) is 24.3 Å². The zero-order valence-electron chi connectivity index (χ0n) is 12.6. The lowest BCUT2D eigenvalue weighted by Gasteiger charge is -2.39. The number of hydrogen-bond acceptors (Lipinski definition) is 4. The summed E-state index contributed by atoms with van der Waals surface area (Å²) in [6, 6.07) is 8.59. The number of aliphatic hydroxyl groups is 1. The first kappa shape index (κ1) is 14.2. The van der Waals surface area contributed by atoms with E-state index in [1.807, 2.05) is 24.3 Å². The van der Waals surface area contributed by atoms with Crippen molar-refractivity contribution in [2.24, 2.45) is 0 Å². The molecule has 3 fully saturated rings. The Bertz CT molecular complexity index is 586. The molecule has 0 spiro atoms. The van der Waals surface area contributed by atoms with Crippen molar-refractivity contribution in [1.82, 2.24) is 4.90 Å². The molecule has 0 amide bonds. The molecule has 0 aliphatic carbocycles. The second kappa shape index (κ2) is 5.05. The lowest BCUT2D eigenvalue weighted by molar-refractivity contribution is -0.139. The topological polar surface area (TPSA) is 73.3 Å². The molecule has 1 aromatic carbocycles. The highest BCUT2D eigenvalue weighted by atomic mass is 16.6. The molecule has 3 aliphatic heterocycles. The maximum absolute atomic E-state index is 11.4. The van der Waals surface area contributed by atoms with E-state index in [0.717, 1.165) is 24.0 Å². The molecule has 2 N–H and O–H groups in total. The van der Waals surface area contributed by atoms with Crippen LogP contribution in [0.3, 0.4) is 0 Å². The van der Waals surface area contributed by atoms with Crippen LogP contribution < -0.4 is 0 Å². The molecule has 0 aromatic heterocycles. The minimum atomic E-state index is -0.961. The second-order valence-corrected chi connectivity index (χ2v) is 6.74. The van der Waals surface area contributed by atoms with Gasteiger partial charge in [-0.15, -0.1) is 0 Å². The van der Waals surface area contributed by atoms with E-state index in [4.69, 9.17) is 4.74 Å². The number of aliphatic carboxylic acids is 1.